The highest BCUT2D eigenvalue weighted by Gasteiger charge is 2.25. The van der Waals surface area contributed by atoms with Crippen molar-refractivity contribution in [1.82, 2.24) is 25.4 Å². The topological polar surface area (TPSA) is 73.9 Å². The molecule has 152 valence electrons. The molecule has 0 aliphatic carbocycles. The van der Waals surface area contributed by atoms with Crippen molar-refractivity contribution in [3.8, 4) is 11.1 Å². The first-order valence-corrected chi connectivity index (χ1v) is 10.3. The molecule has 2 aromatic heterocycles. The zero-order chi connectivity index (χ0) is 20.4. The quantitative estimate of drug-likeness (QED) is 0.708. The van der Waals surface area contributed by atoms with Crippen molar-refractivity contribution in [3.05, 3.63) is 48.4 Å². The van der Waals surface area contributed by atoms with Gasteiger partial charge in [0.05, 0.1) is 5.52 Å². The fourth-order valence-corrected chi connectivity index (χ4v) is 4.06. The number of carbonyl (C=O) groups is 1. The van der Waals surface area contributed by atoms with Gasteiger partial charge in [0.2, 0.25) is 0 Å². The normalized spacial score (nSPS) is 16.2. The van der Waals surface area contributed by atoms with Crippen molar-refractivity contribution in [3.63, 3.8) is 0 Å². The second-order valence-corrected chi connectivity index (χ2v) is 9.16. The third-order valence-corrected chi connectivity index (χ3v) is 5.39. The van der Waals surface area contributed by atoms with Crippen LogP contribution in [-0.4, -0.2) is 51.7 Å². The molecule has 3 aromatic rings. The smallest absolute Gasteiger partial charge is 0.272 e. The van der Waals surface area contributed by atoms with Crippen LogP contribution in [0, 0.1) is 5.41 Å². The maximum Gasteiger partial charge on any atom is 0.272 e. The van der Waals surface area contributed by atoms with E-state index in [2.05, 4.69) is 46.2 Å². The molecule has 29 heavy (non-hydrogen) atoms. The maximum atomic E-state index is 12.9. The lowest BCUT2D eigenvalue weighted by molar-refractivity contribution is 0.0892. The Morgan fingerprint density at radius 3 is 2.69 bits per heavy atom. The number of aromatic amines is 1. The first-order chi connectivity index (χ1) is 13.9. The van der Waals surface area contributed by atoms with Crippen LogP contribution < -0.4 is 5.32 Å². The number of pyridine rings is 1. The number of hydrogen-bond donors (Lipinski definition) is 2. The number of nitrogens with one attached hydrogen (secondary N) is 2. The van der Waals surface area contributed by atoms with Gasteiger partial charge in [0, 0.05) is 49.0 Å². The van der Waals surface area contributed by atoms with Crippen LogP contribution in [0.15, 0.2) is 42.7 Å². The van der Waals surface area contributed by atoms with E-state index in [4.69, 9.17) is 0 Å². The van der Waals surface area contributed by atoms with Gasteiger partial charge in [-0.3, -0.25) is 14.9 Å². The summed E-state index contributed by atoms with van der Waals surface area (Å²) in [6.45, 7) is 9.94. The van der Waals surface area contributed by atoms with Crippen LogP contribution >= 0.6 is 0 Å². The molecule has 0 atom stereocenters. The van der Waals surface area contributed by atoms with Crippen molar-refractivity contribution in [2.45, 2.75) is 39.7 Å². The molecular weight excluding hydrogens is 362 g/mol. The Kier molecular flexibility index (Phi) is 5.37. The zero-order valence-electron chi connectivity index (χ0n) is 17.4. The molecule has 0 bridgehead atoms. The van der Waals surface area contributed by atoms with Gasteiger partial charge in [-0.2, -0.15) is 5.10 Å². The van der Waals surface area contributed by atoms with Gasteiger partial charge in [-0.1, -0.05) is 32.9 Å². The zero-order valence-corrected chi connectivity index (χ0v) is 17.4. The minimum absolute atomic E-state index is 0.103. The Hall–Kier alpha value is -2.73. The van der Waals surface area contributed by atoms with E-state index in [1.165, 1.54) is 0 Å². The van der Waals surface area contributed by atoms with Crippen LogP contribution in [0.25, 0.3) is 22.0 Å². The van der Waals surface area contributed by atoms with E-state index in [1.54, 1.807) is 6.20 Å². The lowest BCUT2D eigenvalue weighted by atomic mass is 9.94. The van der Waals surface area contributed by atoms with Gasteiger partial charge >= 0.3 is 0 Å². The molecule has 0 saturated carbocycles. The SMILES string of the molecule is CC(C)(C)CN1CCC(NC(=O)c2n[nH]c3ccc(-c4cccnc4)cc23)CC1. The highest BCUT2D eigenvalue weighted by atomic mass is 16.2. The monoisotopic (exact) mass is 391 g/mol. The Balaban J connectivity index is 1.45. The molecule has 6 nitrogen and oxygen atoms in total. The van der Waals surface area contributed by atoms with Crippen LogP contribution in [0.1, 0.15) is 44.1 Å². The van der Waals surface area contributed by atoms with E-state index in [9.17, 15) is 4.79 Å². The molecule has 1 saturated heterocycles. The van der Waals surface area contributed by atoms with Gasteiger partial charge in [0.25, 0.3) is 5.91 Å². The van der Waals surface area contributed by atoms with E-state index >= 15 is 0 Å². The molecule has 1 aliphatic rings. The first-order valence-electron chi connectivity index (χ1n) is 10.3. The van der Waals surface area contributed by atoms with Crippen molar-refractivity contribution in [2.75, 3.05) is 19.6 Å². The van der Waals surface area contributed by atoms with Gasteiger partial charge < -0.3 is 10.2 Å². The summed E-state index contributed by atoms with van der Waals surface area (Å²) in [5.41, 5.74) is 3.67. The van der Waals surface area contributed by atoms with Crippen molar-refractivity contribution in [1.29, 1.82) is 0 Å². The molecule has 3 heterocycles. The molecule has 2 N–H and O–H groups in total. The number of aromatic nitrogens is 3. The number of fused-ring (bicyclic) bond motifs is 1. The summed E-state index contributed by atoms with van der Waals surface area (Å²) in [5.74, 6) is -0.103. The standard InChI is InChI=1S/C23H29N5O/c1-23(2,3)15-28-11-8-18(9-12-28)25-22(29)21-19-13-16(6-7-20(19)26-27-21)17-5-4-10-24-14-17/h4-7,10,13-14,18H,8-9,11-12,15H2,1-3H3,(H,25,29)(H,26,27). The average Bonchev–Trinajstić information content (AvgIpc) is 3.12. The number of piperidine rings is 1. The third-order valence-electron chi connectivity index (χ3n) is 5.39. The second-order valence-electron chi connectivity index (χ2n) is 9.16. The molecule has 1 aromatic carbocycles. The van der Waals surface area contributed by atoms with E-state index in [0.717, 1.165) is 54.5 Å². The van der Waals surface area contributed by atoms with Crippen LogP contribution in [0.4, 0.5) is 0 Å². The second kappa shape index (κ2) is 7.95. The summed E-state index contributed by atoms with van der Waals surface area (Å²) in [6, 6.07) is 10.1. The predicted octanol–water partition coefficient (Wildman–Crippen LogP) is 3.87. The summed E-state index contributed by atoms with van der Waals surface area (Å²) < 4.78 is 0. The maximum absolute atomic E-state index is 12.9. The summed E-state index contributed by atoms with van der Waals surface area (Å²) in [4.78, 5) is 19.6. The van der Waals surface area contributed by atoms with E-state index in [-0.39, 0.29) is 11.9 Å². The van der Waals surface area contributed by atoms with Gasteiger partial charge in [-0.05, 0) is 42.0 Å². The van der Waals surface area contributed by atoms with Crippen LogP contribution in [0.3, 0.4) is 0 Å². The number of nitrogens with zero attached hydrogens (tertiary/aromatic N) is 3. The van der Waals surface area contributed by atoms with E-state index in [1.807, 2.05) is 36.5 Å². The number of carbonyl (C=O) groups excluding carboxylic acids is 1. The molecule has 6 heteroatoms. The summed E-state index contributed by atoms with van der Waals surface area (Å²) >= 11 is 0. The average molecular weight is 392 g/mol. The Bertz CT molecular complexity index is 981. The number of rotatable bonds is 4. The Labute approximate surface area is 171 Å². The molecule has 1 amide bonds. The van der Waals surface area contributed by atoms with Crippen molar-refractivity contribution < 1.29 is 4.79 Å². The highest BCUT2D eigenvalue weighted by Crippen LogP contribution is 2.25. The number of hydrogen-bond acceptors (Lipinski definition) is 4. The van der Waals surface area contributed by atoms with E-state index < -0.39 is 0 Å². The largest absolute Gasteiger partial charge is 0.348 e. The summed E-state index contributed by atoms with van der Waals surface area (Å²) in [5, 5.41) is 11.3. The van der Waals surface area contributed by atoms with Gasteiger partial charge in [0.15, 0.2) is 5.69 Å². The Morgan fingerprint density at radius 2 is 2.00 bits per heavy atom. The van der Waals surface area contributed by atoms with Gasteiger partial charge in [0.1, 0.15) is 0 Å². The fourth-order valence-electron chi connectivity index (χ4n) is 4.06. The van der Waals surface area contributed by atoms with Crippen LogP contribution in [0.2, 0.25) is 0 Å². The number of H-pyrrole nitrogens is 1. The predicted molar refractivity (Wildman–Crippen MR) is 116 cm³/mol. The third kappa shape index (κ3) is 4.65. The molecule has 0 spiro atoms. The Morgan fingerprint density at radius 1 is 1.21 bits per heavy atom. The van der Waals surface area contributed by atoms with Crippen molar-refractivity contribution in [2.24, 2.45) is 5.41 Å². The fraction of sp³-hybridized carbons (Fsp3) is 0.435. The lowest BCUT2D eigenvalue weighted by Gasteiger charge is -2.36. The minimum Gasteiger partial charge on any atom is -0.348 e. The van der Waals surface area contributed by atoms with Gasteiger partial charge in [-0.15, -0.1) is 0 Å². The molecular formula is C23H29N5O. The van der Waals surface area contributed by atoms with Gasteiger partial charge in [-0.25, -0.2) is 0 Å². The molecule has 0 radical (unpaired) electrons. The summed E-state index contributed by atoms with van der Waals surface area (Å²) in [7, 11) is 0. The van der Waals surface area contributed by atoms with Crippen LogP contribution in [-0.2, 0) is 0 Å². The summed E-state index contributed by atoms with van der Waals surface area (Å²) in [6.07, 6.45) is 5.54. The van der Waals surface area contributed by atoms with Crippen molar-refractivity contribution >= 4 is 16.8 Å². The van der Waals surface area contributed by atoms with E-state index in [0.29, 0.717) is 11.1 Å². The number of likely N-dealkylation sites (tertiary alicyclic amines) is 1. The molecule has 1 aliphatic heterocycles. The molecule has 1 fully saturated rings. The first kappa shape index (κ1) is 19.6. The number of benzene rings is 1. The molecule has 0 unspecified atom stereocenters. The lowest BCUT2D eigenvalue weighted by Crippen LogP contribution is -2.46. The highest BCUT2D eigenvalue weighted by molar-refractivity contribution is 6.05. The minimum atomic E-state index is -0.103. The number of amides is 1. The molecule has 4 rings (SSSR count). The van der Waals surface area contributed by atoms with Crippen LogP contribution in [0.5, 0.6) is 0 Å².